The van der Waals surface area contributed by atoms with Crippen LogP contribution in [0.3, 0.4) is 0 Å². The molecular weight excluding hydrogens is 218 g/mol. The highest BCUT2D eigenvalue weighted by Crippen LogP contribution is 2.15. The second-order valence-corrected chi connectivity index (χ2v) is 3.59. The largest absolute Gasteiger partial charge is 0.386 e. The Morgan fingerprint density at radius 2 is 2.24 bits per heavy atom. The van der Waals surface area contributed by atoms with E-state index in [9.17, 15) is 4.79 Å². The Morgan fingerprint density at radius 1 is 1.53 bits per heavy atom. The van der Waals surface area contributed by atoms with E-state index in [4.69, 9.17) is 5.73 Å². The van der Waals surface area contributed by atoms with Crippen LogP contribution < -0.4 is 16.4 Å². The van der Waals surface area contributed by atoms with Crippen molar-refractivity contribution < 1.29 is 4.79 Å². The van der Waals surface area contributed by atoms with Crippen LogP contribution in [0.4, 0.5) is 11.5 Å². The number of amides is 1. The maximum absolute atomic E-state index is 11.1. The fraction of sp³-hybridized carbons (Fsp3) is 0.364. The molecule has 0 saturated carbocycles. The van der Waals surface area contributed by atoms with Gasteiger partial charge in [0.05, 0.1) is 5.69 Å². The summed E-state index contributed by atoms with van der Waals surface area (Å²) in [4.78, 5) is 11.1. The van der Waals surface area contributed by atoms with E-state index in [1.165, 1.54) is 5.57 Å². The van der Waals surface area contributed by atoms with Crippen molar-refractivity contribution in [3.8, 4) is 0 Å². The van der Waals surface area contributed by atoms with Crippen molar-refractivity contribution in [3.05, 3.63) is 23.4 Å². The third-order valence-electron chi connectivity index (χ3n) is 2.34. The van der Waals surface area contributed by atoms with Gasteiger partial charge < -0.3 is 16.4 Å². The average molecular weight is 235 g/mol. The Labute approximate surface area is 100 Å². The molecule has 0 aliphatic heterocycles. The first kappa shape index (κ1) is 13.0. The molecule has 4 N–H and O–H groups in total. The zero-order valence-electron chi connectivity index (χ0n) is 10.2. The molecule has 1 rings (SSSR count). The van der Waals surface area contributed by atoms with Gasteiger partial charge in [-0.05, 0) is 13.8 Å². The number of carbonyl (C=O) groups excluding carboxylic acids is 1. The van der Waals surface area contributed by atoms with E-state index in [1.807, 2.05) is 19.9 Å². The number of anilines is 2. The molecule has 0 bridgehead atoms. The molecule has 0 aliphatic carbocycles. The zero-order chi connectivity index (χ0) is 12.8. The Bertz CT molecular complexity index is 441. The molecule has 1 amide bonds. The van der Waals surface area contributed by atoms with E-state index in [0.717, 1.165) is 0 Å². The third-order valence-corrected chi connectivity index (χ3v) is 2.34. The van der Waals surface area contributed by atoms with Gasteiger partial charge in [0.25, 0.3) is 5.91 Å². The fourth-order valence-electron chi connectivity index (χ4n) is 1.18. The van der Waals surface area contributed by atoms with Gasteiger partial charge in [-0.1, -0.05) is 11.6 Å². The molecule has 0 saturated heterocycles. The number of allylic oxidation sites excluding steroid dienone is 1. The molecule has 6 heteroatoms. The Morgan fingerprint density at radius 3 is 2.76 bits per heavy atom. The number of rotatable bonds is 5. The lowest BCUT2D eigenvalue weighted by Gasteiger charge is -2.08. The summed E-state index contributed by atoms with van der Waals surface area (Å²) in [5, 5.41) is 13.6. The summed E-state index contributed by atoms with van der Waals surface area (Å²) in [5.74, 6) is -0.00131. The fourth-order valence-corrected chi connectivity index (χ4v) is 1.18. The molecule has 0 aliphatic rings. The summed E-state index contributed by atoms with van der Waals surface area (Å²) in [7, 11) is 1.70. The molecule has 0 atom stereocenters. The van der Waals surface area contributed by atoms with Gasteiger partial charge in [-0.2, -0.15) is 0 Å². The minimum atomic E-state index is -0.599. The van der Waals surface area contributed by atoms with Crippen molar-refractivity contribution in [1.82, 2.24) is 10.2 Å². The third kappa shape index (κ3) is 3.44. The summed E-state index contributed by atoms with van der Waals surface area (Å²) in [6.45, 7) is 4.67. The van der Waals surface area contributed by atoms with Gasteiger partial charge in [-0.15, -0.1) is 10.2 Å². The number of nitrogens with two attached hydrogens (primary N) is 1. The summed E-state index contributed by atoms with van der Waals surface area (Å²) in [5.41, 5.74) is 7.07. The number of nitrogens with zero attached hydrogens (tertiary/aromatic N) is 2. The molecule has 1 aromatic rings. The van der Waals surface area contributed by atoms with Gasteiger partial charge in [0.1, 0.15) is 0 Å². The highest BCUT2D eigenvalue weighted by Gasteiger charge is 2.10. The van der Waals surface area contributed by atoms with E-state index >= 15 is 0 Å². The Balaban J connectivity index is 2.86. The summed E-state index contributed by atoms with van der Waals surface area (Å²) in [6, 6.07) is 1.70. The molecule has 92 valence electrons. The number of hydrogen-bond acceptors (Lipinski definition) is 5. The predicted octanol–water partition coefficient (Wildman–Crippen LogP) is 0.995. The van der Waals surface area contributed by atoms with Crippen LogP contribution in [0.2, 0.25) is 0 Å². The molecule has 1 aromatic heterocycles. The van der Waals surface area contributed by atoms with Gasteiger partial charge in [0.2, 0.25) is 0 Å². The lowest BCUT2D eigenvalue weighted by Crippen LogP contribution is -2.17. The average Bonchev–Trinajstić information content (AvgIpc) is 2.35. The van der Waals surface area contributed by atoms with Crippen LogP contribution in [0.5, 0.6) is 0 Å². The molecule has 0 aromatic carbocycles. The minimum Gasteiger partial charge on any atom is -0.386 e. The van der Waals surface area contributed by atoms with E-state index in [0.29, 0.717) is 18.1 Å². The van der Waals surface area contributed by atoms with Crippen molar-refractivity contribution in [3.63, 3.8) is 0 Å². The molecule has 0 fully saturated rings. The quantitative estimate of drug-likeness (QED) is 0.662. The predicted molar refractivity (Wildman–Crippen MR) is 68.0 cm³/mol. The second kappa shape index (κ2) is 5.83. The highest BCUT2D eigenvalue weighted by molar-refractivity contribution is 5.96. The van der Waals surface area contributed by atoms with Crippen LogP contribution in [0, 0.1) is 0 Å². The monoisotopic (exact) mass is 235 g/mol. The lowest BCUT2D eigenvalue weighted by atomic mass is 10.3. The van der Waals surface area contributed by atoms with Crippen LogP contribution in [0.15, 0.2) is 17.7 Å². The molecule has 1 heterocycles. The van der Waals surface area contributed by atoms with E-state index in [1.54, 1.807) is 13.1 Å². The Kier molecular flexibility index (Phi) is 4.45. The molecule has 0 spiro atoms. The Hall–Kier alpha value is -2.11. The maximum atomic E-state index is 11.1. The van der Waals surface area contributed by atoms with E-state index in [2.05, 4.69) is 20.8 Å². The number of aromatic nitrogens is 2. The molecular formula is C11H17N5O. The topological polar surface area (TPSA) is 92.9 Å². The van der Waals surface area contributed by atoms with Crippen molar-refractivity contribution in [2.24, 2.45) is 5.73 Å². The molecule has 0 unspecified atom stereocenters. The van der Waals surface area contributed by atoms with E-state index < -0.39 is 5.91 Å². The highest BCUT2D eigenvalue weighted by atomic mass is 16.1. The summed E-state index contributed by atoms with van der Waals surface area (Å²) in [6.07, 6.45) is 2.01. The second-order valence-electron chi connectivity index (χ2n) is 3.59. The number of primary amides is 1. The van der Waals surface area contributed by atoms with Crippen molar-refractivity contribution >= 4 is 17.4 Å². The van der Waals surface area contributed by atoms with Crippen LogP contribution in [-0.2, 0) is 0 Å². The van der Waals surface area contributed by atoms with Crippen LogP contribution >= 0.6 is 0 Å². The first-order valence-corrected chi connectivity index (χ1v) is 5.29. The minimum absolute atomic E-state index is 0.140. The van der Waals surface area contributed by atoms with Gasteiger partial charge in [0.15, 0.2) is 11.5 Å². The van der Waals surface area contributed by atoms with Crippen LogP contribution in [0.1, 0.15) is 24.3 Å². The van der Waals surface area contributed by atoms with Crippen LogP contribution in [0.25, 0.3) is 0 Å². The van der Waals surface area contributed by atoms with Crippen molar-refractivity contribution in [2.45, 2.75) is 13.8 Å². The number of carbonyl (C=O) groups is 1. The maximum Gasteiger partial charge on any atom is 0.271 e. The zero-order valence-corrected chi connectivity index (χ0v) is 10.2. The first-order valence-electron chi connectivity index (χ1n) is 5.29. The van der Waals surface area contributed by atoms with Gasteiger partial charge in [-0.3, -0.25) is 4.79 Å². The smallest absolute Gasteiger partial charge is 0.271 e. The van der Waals surface area contributed by atoms with E-state index in [-0.39, 0.29) is 5.69 Å². The van der Waals surface area contributed by atoms with Crippen molar-refractivity contribution in [1.29, 1.82) is 0 Å². The number of nitrogens with one attached hydrogen (secondary N) is 2. The van der Waals surface area contributed by atoms with Gasteiger partial charge in [-0.25, -0.2) is 0 Å². The normalized spacial score (nSPS) is 11.1. The SMILES string of the molecule is C/C=C(/C)CNc1cc(NC)c(C(N)=O)nn1. The lowest BCUT2D eigenvalue weighted by molar-refractivity contribution is 0.0995. The molecule has 0 radical (unpaired) electrons. The molecule has 6 nitrogen and oxygen atoms in total. The molecule has 17 heavy (non-hydrogen) atoms. The summed E-state index contributed by atoms with van der Waals surface area (Å²) < 4.78 is 0. The number of hydrogen-bond donors (Lipinski definition) is 3. The first-order chi connectivity index (χ1) is 8.08. The van der Waals surface area contributed by atoms with Crippen molar-refractivity contribution in [2.75, 3.05) is 24.2 Å². The summed E-state index contributed by atoms with van der Waals surface area (Å²) >= 11 is 0. The standard InChI is InChI=1S/C11H17N5O/c1-4-7(2)6-14-9-5-8(13-3)10(11(12)17)16-15-9/h4-5H,6H2,1-3H3,(H2,12,17)(H2,13,14,15)/b7-4-. The van der Waals surface area contributed by atoms with Gasteiger partial charge >= 0.3 is 0 Å². The van der Waals surface area contributed by atoms with Gasteiger partial charge in [0, 0.05) is 19.7 Å². The van der Waals surface area contributed by atoms with Crippen LogP contribution in [-0.4, -0.2) is 29.7 Å².